The van der Waals surface area contributed by atoms with Crippen LogP contribution in [0.1, 0.15) is 10.5 Å². The number of rotatable bonds is 1. The zero-order valence-electron chi connectivity index (χ0n) is 7.36. The Hall–Kier alpha value is -1.55. The van der Waals surface area contributed by atoms with Crippen LogP contribution in [0.2, 0.25) is 5.02 Å². The monoisotopic (exact) mass is 210 g/mol. The Labute approximate surface area is 84.7 Å². The minimum absolute atomic E-state index is 0.203. The van der Waals surface area contributed by atoms with Crippen molar-refractivity contribution in [1.29, 1.82) is 0 Å². The highest BCUT2D eigenvalue weighted by Crippen LogP contribution is 2.19. The number of halogens is 1. The number of pyridine rings is 1. The second kappa shape index (κ2) is 2.99. The van der Waals surface area contributed by atoms with Crippen molar-refractivity contribution in [1.82, 2.24) is 9.55 Å². The summed E-state index contributed by atoms with van der Waals surface area (Å²) < 4.78 is 1.52. The molecule has 0 spiro atoms. The fourth-order valence-corrected chi connectivity index (χ4v) is 1.56. The average Bonchev–Trinajstić information content (AvgIpc) is 2.43. The maximum absolute atomic E-state index is 10.8. The Morgan fingerprint density at radius 2 is 2.29 bits per heavy atom. The van der Waals surface area contributed by atoms with Gasteiger partial charge < -0.3 is 9.67 Å². The van der Waals surface area contributed by atoms with E-state index in [1.54, 1.807) is 19.2 Å². The molecule has 5 heteroatoms. The van der Waals surface area contributed by atoms with Crippen LogP contribution in [0.4, 0.5) is 0 Å². The van der Waals surface area contributed by atoms with Crippen molar-refractivity contribution in [3.05, 3.63) is 29.0 Å². The number of aromatic carboxylic acids is 1. The molecule has 0 aliphatic heterocycles. The van der Waals surface area contributed by atoms with Gasteiger partial charge in [-0.3, -0.25) is 0 Å². The van der Waals surface area contributed by atoms with Crippen LogP contribution in [0, 0.1) is 0 Å². The van der Waals surface area contributed by atoms with E-state index in [0.29, 0.717) is 10.7 Å². The fraction of sp³-hybridized carbons (Fsp3) is 0.111. The van der Waals surface area contributed by atoms with Gasteiger partial charge in [-0.15, -0.1) is 0 Å². The largest absolute Gasteiger partial charge is 0.477 e. The molecule has 0 aliphatic carbocycles. The lowest BCUT2D eigenvalue weighted by Crippen LogP contribution is -2.03. The molecule has 0 aromatic carbocycles. The highest BCUT2D eigenvalue weighted by atomic mass is 35.5. The number of fused-ring (bicyclic) bond motifs is 1. The molecular weight excluding hydrogens is 204 g/mol. The highest BCUT2D eigenvalue weighted by molar-refractivity contribution is 6.31. The number of aryl methyl sites for hydroxylation is 1. The van der Waals surface area contributed by atoms with Crippen LogP contribution in [-0.4, -0.2) is 20.6 Å². The van der Waals surface area contributed by atoms with E-state index in [-0.39, 0.29) is 5.69 Å². The Morgan fingerprint density at radius 3 is 2.93 bits per heavy atom. The number of carboxylic acids is 1. The SMILES string of the molecule is Cn1c(C(=O)O)cc2cc(Cl)cnc21. The fourth-order valence-electron chi connectivity index (χ4n) is 1.40. The topological polar surface area (TPSA) is 55.1 Å². The van der Waals surface area contributed by atoms with E-state index in [9.17, 15) is 4.79 Å². The van der Waals surface area contributed by atoms with Gasteiger partial charge in [-0.2, -0.15) is 0 Å². The summed E-state index contributed by atoms with van der Waals surface area (Å²) in [6.45, 7) is 0. The lowest BCUT2D eigenvalue weighted by Gasteiger charge is -1.97. The average molecular weight is 211 g/mol. The predicted molar refractivity (Wildman–Crippen MR) is 52.7 cm³/mol. The number of hydrogen-bond donors (Lipinski definition) is 1. The summed E-state index contributed by atoms with van der Waals surface area (Å²) in [5.74, 6) is -0.971. The Kier molecular flexibility index (Phi) is 1.93. The van der Waals surface area contributed by atoms with Gasteiger partial charge in [0.1, 0.15) is 11.3 Å². The summed E-state index contributed by atoms with van der Waals surface area (Å²) in [7, 11) is 1.66. The summed E-state index contributed by atoms with van der Waals surface area (Å²) in [4.78, 5) is 14.8. The molecule has 2 aromatic heterocycles. The molecule has 0 atom stereocenters. The minimum Gasteiger partial charge on any atom is -0.477 e. The first kappa shape index (κ1) is 9.02. The van der Waals surface area contributed by atoms with Crippen molar-refractivity contribution in [3.63, 3.8) is 0 Å². The standard InChI is InChI=1S/C9H7ClN2O2/c1-12-7(9(13)14)3-5-2-6(10)4-11-8(5)12/h2-4H,1H3,(H,13,14). The van der Waals surface area contributed by atoms with Crippen LogP contribution < -0.4 is 0 Å². The third-order valence-corrected chi connectivity index (χ3v) is 2.26. The molecule has 0 fully saturated rings. The molecule has 0 aliphatic rings. The zero-order chi connectivity index (χ0) is 10.3. The summed E-state index contributed by atoms with van der Waals surface area (Å²) in [5.41, 5.74) is 0.821. The van der Waals surface area contributed by atoms with Gasteiger partial charge in [-0.25, -0.2) is 9.78 Å². The van der Waals surface area contributed by atoms with Crippen LogP contribution in [-0.2, 0) is 7.05 Å². The van der Waals surface area contributed by atoms with Crippen molar-refractivity contribution in [2.24, 2.45) is 7.05 Å². The van der Waals surface area contributed by atoms with E-state index >= 15 is 0 Å². The molecule has 14 heavy (non-hydrogen) atoms. The van der Waals surface area contributed by atoms with E-state index in [1.807, 2.05) is 0 Å². The summed E-state index contributed by atoms with van der Waals surface area (Å²) in [6.07, 6.45) is 1.50. The predicted octanol–water partition coefficient (Wildman–Crippen LogP) is 1.92. The lowest BCUT2D eigenvalue weighted by molar-refractivity contribution is 0.0687. The molecule has 0 saturated heterocycles. The van der Waals surface area contributed by atoms with Crippen molar-refractivity contribution in [3.8, 4) is 0 Å². The van der Waals surface area contributed by atoms with Crippen LogP contribution in [0.25, 0.3) is 11.0 Å². The van der Waals surface area contributed by atoms with E-state index in [1.165, 1.54) is 10.8 Å². The number of carboxylic acid groups (broad SMARTS) is 1. The molecule has 2 heterocycles. The van der Waals surface area contributed by atoms with Gasteiger partial charge in [-0.05, 0) is 12.1 Å². The summed E-state index contributed by atoms with van der Waals surface area (Å²) in [5, 5.41) is 10.1. The third kappa shape index (κ3) is 1.24. The van der Waals surface area contributed by atoms with Crippen molar-refractivity contribution in [2.45, 2.75) is 0 Å². The quantitative estimate of drug-likeness (QED) is 0.783. The Bertz CT molecular complexity index is 519. The van der Waals surface area contributed by atoms with Gasteiger partial charge in [-0.1, -0.05) is 11.6 Å². The van der Waals surface area contributed by atoms with E-state index < -0.39 is 5.97 Å². The number of hydrogen-bond acceptors (Lipinski definition) is 2. The maximum atomic E-state index is 10.8. The van der Waals surface area contributed by atoms with Gasteiger partial charge in [0.05, 0.1) is 5.02 Å². The molecule has 2 rings (SSSR count). The van der Waals surface area contributed by atoms with E-state index in [2.05, 4.69) is 4.98 Å². The zero-order valence-corrected chi connectivity index (χ0v) is 8.12. The summed E-state index contributed by atoms with van der Waals surface area (Å²) in [6, 6.07) is 3.24. The normalized spacial score (nSPS) is 10.7. The van der Waals surface area contributed by atoms with Crippen molar-refractivity contribution >= 4 is 28.6 Å². The summed E-state index contributed by atoms with van der Waals surface area (Å²) >= 11 is 5.74. The smallest absolute Gasteiger partial charge is 0.352 e. The molecule has 0 radical (unpaired) electrons. The van der Waals surface area contributed by atoms with Gasteiger partial charge in [0.15, 0.2) is 0 Å². The lowest BCUT2D eigenvalue weighted by atomic mass is 10.3. The first-order chi connectivity index (χ1) is 6.59. The molecular formula is C9H7ClN2O2. The molecule has 0 amide bonds. The Morgan fingerprint density at radius 1 is 1.57 bits per heavy atom. The van der Waals surface area contributed by atoms with E-state index in [4.69, 9.17) is 16.7 Å². The van der Waals surface area contributed by atoms with Crippen LogP contribution >= 0.6 is 11.6 Å². The first-order valence-corrected chi connectivity index (χ1v) is 4.31. The van der Waals surface area contributed by atoms with Gasteiger partial charge in [0, 0.05) is 18.6 Å². The highest BCUT2D eigenvalue weighted by Gasteiger charge is 2.12. The minimum atomic E-state index is -0.971. The van der Waals surface area contributed by atoms with Crippen LogP contribution in [0.15, 0.2) is 18.3 Å². The maximum Gasteiger partial charge on any atom is 0.352 e. The second-order valence-corrected chi connectivity index (χ2v) is 3.40. The second-order valence-electron chi connectivity index (χ2n) is 2.96. The third-order valence-electron chi connectivity index (χ3n) is 2.05. The van der Waals surface area contributed by atoms with Gasteiger partial charge in [0.2, 0.25) is 0 Å². The number of nitrogens with zero attached hydrogens (tertiary/aromatic N) is 2. The molecule has 1 N–H and O–H groups in total. The first-order valence-electron chi connectivity index (χ1n) is 3.94. The van der Waals surface area contributed by atoms with Crippen molar-refractivity contribution < 1.29 is 9.90 Å². The molecule has 0 saturated carbocycles. The molecule has 0 unspecified atom stereocenters. The van der Waals surface area contributed by atoms with Crippen LogP contribution in [0.3, 0.4) is 0 Å². The van der Waals surface area contributed by atoms with Gasteiger partial charge >= 0.3 is 5.97 Å². The van der Waals surface area contributed by atoms with Gasteiger partial charge in [0.25, 0.3) is 0 Å². The number of aromatic nitrogens is 2. The molecule has 2 aromatic rings. The molecule has 0 bridgehead atoms. The van der Waals surface area contributed by atoms with Crippen molar-refractivity contribution in [2.75, 3.05) is 0 Å². The number of carbonyl (C=O) groups is 1. The molecule has 4 nitrogen and oxygen atoms in total. The van der Waals surface area contributed by atoms with E-state index in [0.717, 1.165) is 5.39 Å². The van der Waals surface area contributed by atoms with Crippen LogP contribution in [0.5, 0.6) is 0 Å². The Balaban J connectivity index is 2.79. The molecule has 72 valence electrons.